The fourth-order valence-corrected chi connectivity index (χ4v) is 8.23. The number of rotatable bonds is 5. The third-order valence-electron chi connectivity index (χ3n) is 10.4. The van der Waals surface area contributed by atoms with Gasteiger partial charge in [0.2, 0.25) is 0 Å². The quantitative estimate of drug-likeness (QED) is 0.513. The zero-order valence-electron chi connectivity index (χ0n) is 20.6. The zero-order valence-corrected chi connectivity index (χ0v) is 20.6. The Kier molecular flexibility index (Phi) is 6.02. The second-order valence-electron chi connectivity index (χ2n) is 12.8. The SMILES string of the molecule is C[C@@H]([C@H]1CC[C@@]2(O)C3=CC(=O)[C@H]4C[C@H](O)CC[C@]4(C)[C@H]3CC[C@]12C)[C@@H](O)CCC(C)(C)O. The van der Waals surface area contributed by atoms with Crippen molar-refractivity contribution in [1.29, 1.82) is 0 Å². The summed E-state index contributed by atoms with van der Waals surface area (Å²) in [5, 5.41) is 43.4. The van der Waals surface area contributed by atoms with E-state index >= 15 is 0 Å². The van der Waals surface area contributed by atoms with Crippen LogP contribution >= 0.6 is 0 Å². The molecule has 182 valence electrons. The normalized spacial score (nSPS) is 46.0. The molecule has 0 spiro atoms. The van der Waals surface area contributed by atoms with E-state index in [1.807, 2.05) is 0 Å². The monoisotopic (exact) mass is 448 g/mol. The molecule has 3 saturated carbocycles. The molecule has 3 fully saturated rings. The van der Waals surface area contributed by atoms with Crippen molar-refractivity contribution in [2.24, 2.45) is 34.5 Å². The second-order valence-corrected chi connectivity index (χ2v) is 12.8. The summed E-state index contributed by atoms with van der Waals surface area (Å²) in [7, 11) is 0. The van der Waals surface area contributed by atoms with Gasteiger partial charge in [-0.3, -0.25) is 4.79 Å². The summed E-state index contributed by atoms with van der Waals surface area (Å²) >= 11 is 0. The van der Waals surface area contributed by atoms with Crippen LogP contribution in [-0.2, 0) is 4.79 Å². The van der Waals surface area contributed by atoms with Crippen LogP contribution in [-0.4, -0.2) is 49.6 Å². The summed E-state index contributed by atoms with van der Waals surface area (Å²) in [5.74, 6) is 0.301. The lowest BCUT2D eigenvalue weighted by Gasteiger charge is -2.59. The average molecular weight is 449 g/mol. The maximum atomic E-state index is 13.2. The molecule has 0 aromatic carbocycles. The van der Waals surface area contributed by atoms with Gasteiger partial charge in [0, 0.05) is 11.3 Å². The smallest absolute Gasteiger partial charge is 0.159 e. The molecule has 4 aliphatic rings. The van der Waals surface area contributed by atoms with Crippen molar-refractivity contribution in [2.75, 3.05) is 0 Å². The van der Waals surface area contributed by atoms with Gasteiger partial charge in [-0.2, -0.15) is 0 Å². The maximum absolute atomic E-state index is 13.2. The molecule has 0 amide bonds. The van der Waals surface area contributed by atoms with Crippen LogP contribution in [0.1, 0.15) is 92.4 Å². The second kappa shape index (κ2) is 7.90. The van der Waals surface area contributed by atoms with E-state index in [-0.39, 0.29) is 40.3 Å². The molecule has 0 heterocycles. The lowest BCUT2D eigenvalue weighted by molar-refractivity contribution is -0.142. The molecular weight excluding hydrogens is 404 g/mol. The summed E-state index contributed by atoms with van der Waals surface area (Å²) in [6.07, 6.45) is 7.33. The van der Waals surface area contributed by atoms with E-state index in [1.54, 1.807) is 19.9 Å². The Morgan fingerprint density at radius 1 is 1.12 bits per heavy atom. The Balaban J connectivity index is 1.61. The molecule has 5 heteroatoms. The first-order valence-corrected chi connectivity index (χ1v) is 12.8. The first-order chi connectivity index (χ1) is 14.7. The summed E-state index contributed by atoms with van der Waals surface area (Å²) in [4.78, 5) is 13.2. The molecule has 9 atom stereocenters. The molecule has 4 N–H and O–H groups in total. The summed E-state index contributed by atoms with van der Waals surface area (Å²) in [5.41, 5.74) is -1.43. The van der Waals surface area contributed by atoms with Gasteiger partial charge < -0.3 is 20.4 Å². The number of hydrogen-bond acceptors (Lipinski definition) is 5. The van der Waals surface area contributed by atoms with Crippen LogP contribution in [0.15, 0.2) is 11.6 Å². The average Bonchev–Trinajstić information content (AvgIpc) is 2.98. The number of carbonyl (C=O) groups is 1. The number of aliphatic hydroxyl groups excluding tert-OH is 2. The van der Waals surface area contributed by atoms with Gasteiger partial charge in [-0.25, -0.2) is 0 Å². The van der Waals surface area contributed by atoms with Gasteiger partial charge in [-0.05, 0) is 106 Å². The highest BCUT2D eigenvalue weighted by Gasteiger charge is 2.66. The highest BCUT2D eigenvalue weighted by atomic mass is 16.3. The van der Waals surface area contributed by atoms with Gasteiger partial charge in [0.05, 0.1) is 23.4 Å². The summed E-state index contributed by atoms with van der Waals surface area (Å²) < 4.78 is 0. The number of hydrogen-bond donors (Lipinski definition) is 4. The predicted octanol–water partition coefficient (Wildman–Crippen LogP) is 3.77. The molecular formula is C27H44O5. The van der Waals surface area contributed by atoms with Crippen molar-refractivity contribution in [1.82, 2.24) is 0 Å². The molecule has 4 rings (SSSR count). The minimum atomic E-state index is -1.01. The van der Waals surface area contributed by atoms with E-state index in [0.29, 0.717) is 25.7 Å². The van der Waals surface area contributed by atoms with Gasteiger partial charge in [-0.15, -0.1) is 0 Å². The Hall–Kier alpha value is -0.750. The van der Waals surface area contributed by atoms with Crippen LogP contribution in [0.25, 0.3) is 0 Å². The number of fused-ring (bicyclic) bond motifs is 5. The van der Waals surface area contributed by atoms with Crippen LogP contribution in [0.3, 0.4) is 0 Å². The van der Waals surface area contributed by atoms with Crippen molar-refractivity contribution < 1.29 is 25.2 Å². The van der Waals surface area contributed by atoms with E-state index in [9.17, 15) is 25.2 Å². The molecule has 0 bridgehead atoms. The Labute approximate surface area is 193 Å². The third kappa shape index (κ3) is 3.62. The fourth-order valence-electron chi connectivity index (χ4n) is 8.23. The van der Waals surface area contributed by atoms with E-state index < -0.39 is 23.4 Å². The summed E-state index contributed by atoms with van der Waals surface area (Å²) in [6.45, 7) is 10.0. The lowest BCUT2D eigenvalue weighted by Crippen LogP contribution is -2.59. The van der Waals surface area contributed by atoms with Gasteiger partial charge >= 0.3 is 0 Å². The molecule has 4 aliphatic carbocycles. The molecule has 32 heavy (non-hydrogen) atoms. The van der Waals surface area contributed by atoms with Crippen LogP contribution in [0.4, 0.5) is 0 Å². The van der Waals surface area contributed by atoms with Gasteiger partial charge in [0.25, 0.3) is 0 Å². The highest BCUT2D eigenvalue weighted by Crippen LogP contribution is 2.68. The molecule has 0 saturated heterocycles. The van der Waals surface area contributed by atoms with Crippen LogP contribution in [0.5, 0.6) is 0 Å². The van der Waals surface area contributed by atoms with Crippen LogP contribution in [0.2, 0.25) is 0 Å². The number of allylic oxidation sites excluding steroid dienone is 1. The molecule has 0 radical (unpaired) electrons. The minimum Gasteiger partial charge on any atom is -0.393 e. The molecule has 0 unspecified atom stereocenters. The minimum absolute atomic E-state index is 0.0148. The Bertz CT molecular complexity index is 783. The molecule has 0 aromatic heterocycles. The maximum Gasteiger partial charge on any atom is 0.159 e. The number of carbonyl (C=O) groups excluding carboxylic acids is 1. The van der Waals surface area contributed by atoms with Gasteiger partial charge in [-0.1, -0.05) is 20.8 Å². The van der Waals surface area contributed by atoms with Gasteiger partial charge in [0.1, 0.15) is 0 Å². The van der Waals surface area contributed by atoms with E-state index in [2.05, 4.69) is 20.8 Å². The van der Waals surface area contributed by atoms with E-state index in [1.165, 1.54) is 0 Å². The Morgan fingerprint density at radius 2 is 1.81 bits per heavy atom. The van der Waals surface area contributed by atoms with Crippen molar-refractivity contribution in [2.45, 2.75) is 116 Å². The van der Waals surface area contributed by atoms with Crippen molar-refractivity contribution >= 4 is 5.78 Å². The molecule has 0 aromatic rings. The first-order valence-electron chi connectivity index (χ1n) is 12.8. The van der Waals surface area contributed by atoms with Crippen LogP contribution in [0, 0.1) is 34.5 Å². The predicted molar refractivity (Wildman–Crippen MR) is 124 cm³/mol. The highest BCUT2D eigenvalue weighted by molar-refractivity contribution is 5.95. The van der Waals surface area contributed by atoms with Crippen molar-refractivity contribution in [3.8, 4) is 0 Å². The van der Waals surface area contributed by atoms with Crippen molar-refractivity contribution in [3.05, 3.63) is 11.6 Å². The summed E-state index contributed by atoms with van der Waals surface area (Å²) in [6, 6.07) is 0. The molecule has 5 nitrogen and oxygen atoms in total. The Morgan fingerprint density at radius 3 is 2.47 bits per heavy atom. The zero-order chi connectivity index (χ0) is 23.7. The number of aliphatic hydroxyl groups is 4. The van der Waals surface area contributed by atoms with E-state index in [4.69, 9.17) is 0 Å². The first kappa shape index (κ1) is 24.4. The largest absolute Gasteiger partial charge is 0.393 e. The van der Waals surface area contributed by atoms with E-state index in [0.717, 1.165) is 37.7 Å². The topological polar surface area (TPSA) is 98.0 Å². The third-order valence-corrected chi connectivity index (χ3v) is 10.4. The van der Waals surface area contributed by atoms with Crippen molar-refractivity contribution in [3.63, 3.8) is 0 Å². The standard InChI is InChI=1S/C27H44O5/c1-16(22(29)9-10-24(2,3)31)18-8-13-27(32)20-15-23(30)21-14-17(28)6-11-25(21,4)19(20)7-12-26(18,27)5/h15-19,21-22,28-29,31-32H,6-14H2,1-5H3/t16-,17+,18+,19-,21+,22-,25+,26+,27+/m0/s1. The fraction of sp³-hybridized carbons (Fsp3) is 0.889. The lowest BCUT2D eigenvalue weighted by atomic mass is 9.46. The van der Waals surface area contributed by atoms with Crippen LogP contribution < -0.4 is 0 Å². The molecule has 0 aliphatic heterocycles. The number of ketones is 1. The van der Waals surface area contributed by atoms with Gasteiger partial charge in [0.15, 0.2) is 5.78 Å².